The highest BCUT2D eigenvalue weighted by molar-refractivity contribution is 7.92. The molecular weight excluding hydrogens is 492 g/mol. The molecule has 1 unspecified atom stereocenters. The lowest BCUT2D eigenvalue weighted by Crippen LogP contribution is -2.38. The molecule has 0 aromatic heterocycles. The second-order valence-corrected chi connectivity index (χ2v) is 11.2. The van der Waals surface area contributed by atoms with Crippen LogP contribution in [0.4, 0.5) is 11.4 Å². The van der Waals surface area contributed by atoms with E-state index >= 15 is 0 Å². The fraction of sp³-hybridized carbons (Fsp3) is 0.286. The molecule has 194 valence electrons. The summed E-state index contributed by atoms with van der Waals surface area (Å²) in [6.07, 6.45) is -0.331. The van der Waals surface area contributed by atoms with Crippen molar-refractivity contribution in [2.45, 2.75) is 37.3 Å². The number of hydrogen-bond donors (Lipinski definition) is 1. The molecule has 3 aromatic rings. The summed E-state index contributed by atoms with van der Waals surface area (Å²) in [5.74, 6) is -0.0785. The zero-order valence-electron chi connectivity index (χ0n) is 21.5. The summed E-state index contributed by atoms with van der Waals surface area (Å²) in [7, 11) is -1.04. The minimum atomic E-state index is -3.99. The molecular formula is C28H30N2O6S. The zero-order chi connectivity index (χ0) is 26.9. The van der Waals surface area contributed by atoms with Crippen LogP contribution in [0.3, 0.4) is 0 Å². The number of sulfone groups is 1. The number of methoxy groups -OCH3 is 2. The van der Waals surface area contributed by atoms with E-state index < -0.39 is 26.9 Å². The maximum absolute atomic E-state index is 13.8. The molecule has 0 saturated carbocycles. The molecule has 9 heteroatoms. The number of fused-ring (bicyclic) bond motifs is 1. The van der Waals surface area contributed by atoms with Gasteiger partial charge in [-0.2, -0.15) is 0 Å². The second kappa shape index (κ2) is 10.3. The van der Waals surface area contributed by atoms with Gasteiger partial charge in [-0.05, 0) is 61.7 Å². The Morgan fingerprint density at radius 1 is 0.973 bits per heavy atom. The molecule has 0 saturated heterocycles. The van der Waals surface area contributed by atoms with Crippen LogP contribution in [0.25, 0.3) is 0 Å². The summed E-state index contributed by atoms with van der Waals surface area (Å²) in [6, 6.07) is 15.0. The Kier molecular flexibility index (Phi) is 7.27. The number of ether oxygens (including phenoxy) is 2. The number of nitrogens with one attached hydrogen (secondary N) is 1. The van der Waals surface area contributed by atoms with Crippen molar-refractivity contribution >= 4 is 33.0 Å². The van der Waals surface area contributed by atoms with Crippen LogP contribution < -0.4 is 19.7 Å². The molecule has 1 atom stereocenters. The predicted octanol–water partition coefficient (Wildman–Crippen LogP) is 4.52. The van der Waals surface area contributed by atoms with Crippen molar-refractivity contribution in [3.63, 3.8) is 0 Å². The van der Waals surface area contributed by atoms with E-state index in [4.69, 9.17) is 9.47 Å². The molecule has 1 aliphatic rings. The third kappa shape index (κ3) is 5.04. The Balaban J connectivity index is 1.72. The first-order valence-corrected chi connectivity index (χ1v) is 13.3. The average Bonchev–Trinajstić information content (AvgIpc) is 2.94. The van der Waals surface area contributed by atoms with Gasteiger partial charge in [-0.3, -0.25) is 9.59 Å². The van der Waals surface area contributed by atoms with Gasteiger partial charge in [0.15, 0.2) is 21.3 Å². The first kappa shape index (κ1) is 26.2. The molecule has 0 fully saturated rings. The fourth-order valence-corrected chi connectivity index (χ4v) is 6.72. The van der Waals surface area contributed by atoms with E-state index in [1.807, 2.05) is 32.9 Å². The van der Waals surface area contributed by atoms with E-state index in [9.17, 15) is 18.0 Å². The van der Waals surface area contributed by atoms with E-state index in [0.717, 1.165) is 16.7 Å². The summed E-state index contributed by atoms with van der Waals surface area (Å²) in [6.45, 7) is 5.47. The van der Waals surface area contributed by atoms with Crippen molar-refractivity contribution in [2.24, 2.45) is 0 Å². The van der Waals surface area contributed by atoms with Gasteiger partial charge in [-0.15, -0.1) is 0 Å². The molecule has 1 N–H and O–H groups in total. The number of nitrogens with zero attached hydrogens (tertiary/aromatic N) is 1. The van der Waals surface area contributed by atoms with E-state index in [-0.39, 0.29) is 23.5 Å². The molecule has 0 aliphatic carbocycles. The smallest absolute Gasteiger partial charge is 0.244 e. The lowest BCUT2D eigenvalue weighted by atomic mass is 10.1. The Bertz CT molecular complexity index is 1460. The maximum atomic E-state index is 13.8. The van der Waals surface area contributed by atoms with E-state index in [1.54, 1.807) is 36.4 Å². The Labute approximate surface area is 217 Å². The van der Waals surface area contributed by atoms with Crippen molar-refractivity contribution in [1.29, 1.82) is 0 Å². The normalized spacial score (nSPS) is 16.5. The number of hydrogen-bond acceptors (Lipinski definition) is 6. The van der Waals surface area contributed by atoms with Crippen LogP contribution in [-0.4, -0.2) is 41.0 Å². The van der Waals surface area contributed by atoms with Crippen molar-refractivity contribution in [1.82, 2.24) is 0 Å². The summed E-state index contributed by atoms with van der Waals surface area (Å²) >= 11 is 0. The molecule has 0 spiro atoms. The Morgan fingerprint density at radius 2 is 1.62 bits per heavy atom. The van der Waals surface area contributed by atoms with Crippen molar-refractivity contribution in [3.05, 3.63) is 76.9 Å². The third-order valence-electron chi connectivity index (χ3n) is 6.52. The van der Waals surface area contributed by atoms with Gasteiger partial charge in [-0.1, -0.05) is 35.9 Å². The van der Waals surface area contributed by atoms with Gasteiger partial charge in [0.25, 0.3) is 0 Å². The van der Waals surface area contributed by atoms with Crippen LogP contribution in [0, 0.1) is 20.8 Å². The number of benzene rings is 3. The van der Waals surface area contributed by atoms with Gasteiger partial charge >= 0.3 is 0 Å². The molecule has 1 aliphatic heterocycles. The molecule has 37 heavy (non-hydrogen) atoms. The topological polar surface area (TPSA) is 102 Å². The standard InChI is InChI=1S/C28H30N2O6S/c1-17-12-18(2)28(19(3)13-17)29-26(31)16-30-21-8-6-7-9-24(21)37(33,34)25(15-27(30)32)20-10-11-22(35-4)23(14-20)36-5/h6-14,25H,15-16H2,1-5H3,(H,29,31). The minimum absolute atomic E-state index is 0.00358. The molecule has 2 amide bonds. The molecule has 0 radical (unpaired) electrons. The Morgan fingerprint density at radius 3 is 2.27 bits per heavy atom. The average molecular weight is 523 g/mol. The SMILES string of the molecule is COc1ccc(C2CC(=O)N(CC(=O)Nc3c(C)cc(C)cc3C)c3ccccc3S2(=O)=O)cc1OC. The van der Waals surface area contributed by atoms with Gasteiger partial charge in [0, 0.05) is 12.1 Å². The first-order chi connectivity index (χ1) is 17.6. The van der Waals surface area contributed by atoms with Crippen molar-refractivity contribution in [2.75, 3.05) is 31.0 Å². The van der Waals surface area contributed by atoms with Crippen LogP contribution in [0.2, 0.25) is 0 Å². The monoisotopic (exact) mass is 522 g/mol. The second-order valence-electron chi connectivity index (χ2n) is 9.12. The fourth-order valence-electron chi connectivity index (χ4n) is 4.81. The number of amides is 2. The summed E-state index contributed by atoms with van der Waals surface area (Å²) in [5, 5.41) is 1.75. The van der Waals surface area contributed by atoms with Crippen LogP contribution in [0.5, 0.6) is 11.5 Å². The number of rotatable bonds is 6. The van der Waals surface area contributed by atoms with Crippen LogP contribution in [0.1, 0.15) is 33.9 Å². The minimum Gasteiger partial charge on any atom is -0.493 e. The van der Waals surface area contributed by atoms with E-state index in [2.05, 4.69) is 5.32 Å². The van der Waals surface area contributed by atoms with Crippen LogP contribution >= 0.6 is 0 Å². The highest BCUT2D eigenvalue weighted by Gasteiger charge is 2.40. The third-order valence-corrected chi connectivity index (χ3v) is 8.67. The highest BCUT2D eigenvalue weighted by Crippen LogP contribution is 2.42. The van der Waals surface area contributed by atoms with Gasteiger partial charge in [0.1, 0.15) is 6.54 Å². The number of aryl methyl sites for hydroxylation is 3. The number of anilines is 2. The summed E-state index contributed by atoms with van der Waals surface area (Å²) in [5.41, 5.74) is 4.16. The van der Waals surface area contributed by atoms with Crippen LogP contribution in [0.15, 0.2) is 59.5 Å². The van der Waals surface area contributed by atoms with Gasteiger partial charge < -0.3 is 19.7 Å². The van der Waals surface area contributed by atoms with Gasteiger partial charge in [-0.25, -0.2) is 8.42 Å². The zero-order valence-corrected chi connectivity index (χ0v) is 22.3. The predicted molar refractivity (Wildman–Crippen MR) is 142 cm³/mol. The van der Waals surface area contributed by atoms with Gasteiger partial charge in [0.2, 0.25) is 11.8 Å². The quantitative estimate of drug-likeness (QED) is 0.511. The first-order valence-electron chi connectivity index (χ1n) is 11.8. The maximum Gasteiger partial charge on any atom is 0.244 e. The summed E-state index contributed by atoms with van der Waals surface area (Å²) < 4.78 is 38.3. The largest absolute Gasteiger partial charge is 0.493 e. The number of para-hydroxylation sites is 1. The Hall–Kier alpha value is -3.85. The molecule has 8 nitrogen and oxygen atoms in total. The van der Waals surface area contributed by atoms with Gasteiger partial charge in [0.05, 0.1) is 30.1 Å². The van der Waals surface area contributed by atoms with Crippen LogP contribution in [-0.2, 0) is 19.4 Å². The van der Waals surface area contributed by atoms with Crippen molar-refractivity contribution < 1.29 is 27.5 Å². The molecule has 0 bridgehead atoms. The van der Waals surface area contributed by atoms with Crippen molar-refractivity contribution in [3.8, 4) is 11.5 Å². The molecule has 1 heterocycles. The molecule has 4 rings (SSSR count). The summed E-state index contributed by atoms with van der Waals surface area (Å²) in [4.78, 5) is 27.9. The van der Waals surface area contributed by atoms with E-state index in [1.165, 1.54) is 25.2 Å². The molecule has 3 aromatic carbocycles. The highest BCUT2D eigenvalue weighted by atomic mass is 32.2. The lowest BCUT2D eigenvalue weighted by molar-refractivity contribution is -0.121. The lowest BCUT2D eigenvalue weighted by Gasteiger charge is -2.22. The number of carbonyl (C=O) groups is 2. The van der Waals surface area contributed by atoms with E-state index in [0.29, 0.717) is 22.7 Å². The number of carbonyl (C=O) groups excluding carboxylic acids is 2.